The average molecular weight is 267 g/mol. The van der Waals surface area contributed by atoms with E-state index < -0.39 is 0 Å². The molecule has 1 aromatic heterocycles. The third-order valence-corrected chi connectivity index (χ3v) is 1.90. The van der Waals surface area contributed by atoms with Gasteiger partial charge < -0.3 is 0 Å². The van der Waals surface area contributed by atoms with Crippen LogP contribution in [0.5, 0.6) is 0 Å². The van der Waals surface area contributed by atoms with Crippen molar-refractivity contribution in [1.82, 2.24) is 4.98 Å². The summed E-state index contributed by atoms with van der Waals surface area (Å²) in [6, 6.07) is 2.01. The zero-order valence-corrected chi connectivity index (χ0v) is 8.97. The van der Waals surface area contributed by atoms with E-state index in [4.69, 9.17) is 0 Å². The topological polar surface area (TPSA) is 12.9 Å². The molecular formula is C7H9Br2N. The second kappa shape index (κ2) is 4.85. The van der Waals surface area contributed by atoms with Crippen LogP contribution in [0.3, 0.4) is 0 Å². The van der Waals surface area contributed by atoms with E-state index in [1.165, 1.54) is 11.1 Å². The highest BCUT2D eigenvalue weighted by Crippen LogP contribution is 2.08. The lowest BCUT2D eigenvalue weighted by molar-refractivity contribution is 1.21. The Morgan fingerprint density at radius 1 is 1.60 bits per heavy atom. The molecular weight excluding hydrogens is 258 g/mol. The van der Waals surface area contributed by atoms with E-state index in [9.17, 15) is 0 Å². The standard InChI is InChI=1S/C7H8BrN.BrH/c1-6-2-3-9-5-7(6)4-8;/h2-3,5H,4H2,1H3;1H. The van der Waals surface area contributed by atoms with Gasteiger partial charge in [0.15, 0.2) is 0 Å². The minimum absolute atomic E-state index is 0. The molecule has 0 fully saturated rings. The van der Waals surface area contributed by atoms with Crippen molar-refractivity contribution in [1.29, 1.82) is 0 Å². The van der Waals surface area contributed by atoms with Crippen molar-refractivity contribution in [2.45, 2.75) is 12.3 Å². The molecule has 56 valence electrons. The van der Waals surface area contributed by atoms with Crippen molar-refractivity contribution in [3.63, 3.8) is 0 Å². The molecule has 0 aromatic carbocycles. The Bertz CT molecular complexity index is 201. The molecule has 1 heterocycles. The Labute approximate surface area is 79.8 Å². The second-order valence-electron chi connectivity index (χ2n) is 1.94. The predicted octanol–water partition coefficient (Wildman–Crippen LogP) is 2.86. The fourth-order valence-corrected chi connectivity index (χ4v) is 1.22. The van der Waals surface area contributed by atoms with Gasteiger partial charge in [-0.15, -0.1) is 17.0 Å². The second-order valence-corrected chi connectivity index (χ2v) is 2.50. The number of halogens is 2. The number of rotatable bonds is 1. The maximum atomic E-state index is 3.99. The molecule has 0 spiro atoms. The number of alkyl halides is 1. The van der Waals surface area contributed by atoms with Crippen LogP contribution in [0.2, 0.25) is 0 Å². The first-order chi connectivity index (χ1) is 4.34. The molecule has 0 saturated heterocycles. The first kappa shape index (κ1) is 10.1. The average Bonchev–Trinajstić information content (AvgIpc) is 1.89. The van der Waals surface area contributed by atoms with Crippen LogP contribution < -0.4 is 0 Å². The molecule has 0 atom stereocenters. The minimum atomic E-state index is 0. The lowest BCUT2D eigenvalue weighted by atomic mass is 10.2. The van der Waals surface area contributed by atoms with Gasteiger partial charge in [-0.05, 0) is 24.1 Å². The zero-order chi connectivity index (χ0) is 6.69. The lowest BCUT2D eigenvalue weighted by Crippen LogP contribution is -1.83. The molecule has 0 bridgehead atoms. The van der Waals surface area contributed by atoms with Crippen LogP contribution >= 0.6 is 32.9 Å². The summed E-state index contributed by atoms with van der Waals surface area (Å²) in [6.45, 7) is 2.08. The van der Waals surface area contributed by atoms with E-state index in [2.05, 4.69) is 27.8 Å². The Morgan fingerprint density at radius 3 is 2.70 bits per heavy atom. The van der Waals surface area contributed by atoms with Crippen LogP contribution in [-0.2, 0) is 5.33 Å². The molecule has 1 aromatic rings. The molecule has 1 rings (SSSR count). The molecule has 10 heavy (non-hydrogen) atoms. The van der Waals surface area contributed by atoms with Crippen molar-refractivity contribution in [3.05, 3.63) is 29.6 Å². The summed E-state index contributed by atoms with van der Waals surface area (Å²) in [5.41, 5.74) is 2.55. The van der Waals surface area contributed by atoms with Crippen molar-refractivity contribution in [2.75, 3.05) is 0 Å². The highest BCUT2D eigenvalue weighted by Gasteiger charge is 1.91. The molecule has 0 saturated carbocycles. The number of nitrogens with zero attached hydrogens (tertiary/aromatic N) is 1. The van der Waals surface area contributed by atoms with E-state index in [0.717, 1.165) is 5.33 Å². The van der Waals surface area contributed by atoms with Gasteiger partial charge in [-0.25, -0.2) is 0 Å². The molecule has 0 amide bonds. The van der Waals surface area contributed by atoms with Gasteiger partial charge >= 0.3 is 0 Å². The zero-order valence-electron chi connectivity index (χ0n) is 5.67. The molecule has 3 heteroatoms. The number of aryl methyl sites for hydroxylation is 1. The Balaban J connectivity index is 0.000000810. The van der Waals surface area contributed by atoms with E-state index in [0.29, 0.717) is 0 Å². The van der Waals surface area contributed by atoms with Crippen LogP contribution in [-0.4, -0.2) is 4.98 Å². The summed E-state index contributed by atoms with van der Waals surface area (Å²) in [7, 11) is 0. The van der Waals surface area contributed by atoms with Crippen LogP contribution in [0.1, 0.15) is 11.1 Å². The van der Waals surface area contributed by atoms with Gasteiger partial charge in [0, 0.05) is 17.7 Å². The van der Waals surface area contributed by atoms with Crippen molar-refractivity contribution in [3.8, 4) is 0 Å². The van der Waals surface area contributed by atoms with E-state index >= 15 is 0 Å². The molecule has 0 N–H and O–H groups in total. The predicted molar refractivity (Wildman–Crippen MR) is 51.9 cm³/mol. The van der Waals surface area contributed by atoms with Crippen LogP contribution in [0.15, 0.2) is 18.5 Å². The number of hydrogen-bond donors (Lipinski definition) is 0. The molecule has 0 aliphatic heterocycles. The first-order valence-corrected chi connectivity index (χ1v) is 3.92. The van der Waals surface area contributed by atoms with E-state index in [1.54, 1.807) is 0 Å². The van der Waals surface area contributed by atoms with Gasteiger partial charge in [0.25, 0.3) is 0 Å². The highest BCUT2D eigenvalue weighted by molar-refractivity contribution is 9.08. The van der Waals surface area contributed by atoms with Crippen molar-refractivity contribution < 1.29 is 0 Å². The van der Waals surface area contributed by atoms with Crippen LogP contribution in [0, 0.1) is 6.92 Å². The van der Waals surface area contributed by atoms with Gasteiger partial charge in [0.05, 0.1) is 0 Å². The summed E-state index contributed by atoms with van der Waals surface area (Å²) in [6.07, 6.45) is 3.69. The van der Waals surface area contributed by atoms with Gasteiger partial charge in [-0.3, -0.25) is 4.98 Å². The van der Waals surface area contributed by atoms with Crippen molar-refractivity contribution in [2.24, 2.45) is 0 Å². The smallest absolute Gasteiger partial charge is 0.0311 e. The number of pyridine rings is 1. The highest BCUT2D eigenvalue weighted by atomic mass is 79.9. The monoisotopic (exact) mass is 265 g/mol. The normalized spacial score (nSPS) is 8.60. The minimum Gasteiger partial charge on any atom is -0.264 e. The summed E-state index contributed by atoms with van der Waals surface area (Å²) >= 11 is 3.37. The number of aromatic nitrogens is 1. The largest absolute Gasteiger partial charge is 0.264 e. The summed E-state index contributed by atoms with van der Waals surface area (Å²) in [5, 5.41) is 0.896. The summed E-state index contributed by atoms with van der Waals surface area (Å²) in [5.74, 6) is 0. The quantitative estimate of drug-likeness (QED) is 0.713. The summed E-state index contributed by atoms with van der Waals surface area (Å²) in [4.78, 5) is 3.99. The van der Waals surface area contributed by atoms with Gasteiger partial charge in [0.1, 0.15) is 0 Å². The maximum absolute atomic E-state index is 3.99. The van der Waals surface area contributed by atoms with Gasteiger partial charge in [-0.2, -0.15) is 0 Å². The van der Waals surface area contributed by atoms with E-state index in [-0.39, 0.29) is 17.0 Å². The fraction of sp³-hybridized carbons (Fsp3) is 0.286. The molecule has 0 radical (unpaired) electrons. The van der Waals surface area contributed by atoms with Crippen LogP contribution in [0.4, 0.5) is 0 Å². The fourth-order valence-electron chi connectivity index (χ4n) is 0.637. The third kappa shape index (κ3) is 2.39. The van der Waals surface area contributed by atoms with E-state index in [1.807, 2.05) is 18.5 Å². The molecule has 1 nitrogen and oxygen atoms in total. The summed E-state index contributed by atoms with van der Waals surface area (Å²) < 4.78 is 0. The molecule has 0 unspecified atom stereocenters. The Kier molecular flexibility index (Phi) is 4.91. The lowest BCUT2D eigenvalue weighted by Gasteiger charge is -1.96. The molecule has 0 aliphatic carbocycles. The first-order valence-electron chi connectivity index (χ1n) is 2.80. The Morgan fingerprint density at radius 2 is 2.30 bits per heavy atom. The van der Waals surface area contributed by atoms with Crippen LogP contribution in [0.25, 0.3) is 0 Å². The molecule has 0 aliphatic rings. The number of hydrogen-bond acceptors (Lipinski definition) is 1. The van der Waals surface area contributed by atoms with Gasteiger partial charge in [0.2, 0.25) is 0 Å². The third-order valence-electron chi connectivity index (χ3n) is 1.29. The SMILES string of the molecule is Br.Cc1ccncc1CBr. The Hall–Kier alpha value is 0.110. The van der Waals surface area contributed by atoms with Crippen molar-refractivity contribution >= 4 is 32.9 Å². The maximum Gasteiger partial charge on any atom is 0.0311 e. The van der Waals surface area contributed by atoms with Gasteiger partial charge in [-0.1, -0.05) is 15.9 Å².